The van der Waals surface area contributed by atoms with Gasteiger partial charge in [0.1, 0.15) is 5.52 Å². The van der Waals surface area contributed by atoms with E-state index in [2.05, 4.69) is 82.8 Å². The molecule has 2 nitrogen and oxygen atoms in total. The normalized spacial score (nSPS) is 11.7. The average molecular weight is 383 g/mol. The Morgan fingerprint density at radius 1 is 1.07 bits per heavy atom. The Morgan fingerprint density at radius 2 is 1.74 bits per heavy atom. The zero-order valence-corrected chi connectivity index (χ0v) is 18.2. The van der Waals surface area contributed by atoms with Gasteiger partial charge in [0.2, 0.25) is 0 Å². The first-order chi connectivity index (χ1) is 12.5. The third-order valence-corrected chi connectivity index (χ3v) is 5.09. The molecule has 0 aliphatic heterocycles. The van der Waals surface area contributed by atoms with E-state index in [4.69, 9.17) is 5.10 Å². The van der Waals surface area contributed by atoms with Crippen molar-refractivity contribution in [1.29, 1.82) is 0 Å². The van der Waals surface area contributed by atoms with Crippen LogP contribution in [0.2, 0.25) is 0 Å². The van der Waals surface area contributed by atoms with Gasteiger partial charge in [0.05, 0.1) is 5.69 Å². The van der Waals surface area contributed by atoms with Crippen LogP contribution in [0.4, 0.5) is 0 Å². The van der Waals surface area contributed by atoms with Crippen molar-refractivity contribution in [2.75, 3.05) is 0 Å². The zero-order valence-electron chi connectivity index (χ0n) is 17.4. The summed E-state index contributed by atoms with van der Waals surface area (Å²) in [5, 5.41) is 6.22. The van der Waals surface area contributed by atoms with Crippen LogP contribution in [0.5, 0.6) is 0 Å². The second kappa shape index (κ2) is 8.75. The number of aromatic nitrogens is 2. The molecule has 3 heteroatoms. The molecule has 0 radical (unpaired) electrons. The van der Waals surface area contributed by atoms with E-state index in [1.54, 1.807) is 0 Å². The van der Waals surface area contributed by atoms with Crippen LogP contribution in [-0.4, -0.2) is 9.78 Å². The molecule has 3 rings (SSSR count). The van der Waals surface area contributed by atoms with Gasteiger partial charge in [-0.15, -0.1) is 12.4 Å². The smallest absolute Gasteiger partial charge is 0.101 e. The van der Waals surface area contributed by atoms with Gasteiger partial charge in [-0.3, -0.25) is 4.68 Å². The lowest BCUT2D eigenvalue weighted by atomic mass is 9.92. The number of nitrogens with zero attached hydrogens (tertiary/aromatic N) is 2. The second-order valence-electron chi connectivity index (χ2n) is 7.34. The Labute approximate surface area is 169 Å². The largest absolute Gasteiger partial charge is 0.267 e. The van der Waals surface area contributed by atoms with E-state index in [-0.39, 0.29) is 12.4 Å². The van der Waals surface area contributed by atoms with Gasteiger partial charge in [0.25, 0.3) is 0 Å². The van der Waals surface area contributed by atoms with E-state index in [1.165, 1.54) is 44.5 Å². The summed E-state index contributed by atoms with van der Waals surface area (Å²) in [6.07, 6.45) is 5.65. The predicted molar refractivity (Wildman–Crippen MR) is 121 cm³/mol. The van der Waals surface area contributed by atoms with Gasteiger partial charge in [-0.05, 0) is 55.9 Å². The minimum atomic E-state index is 0. The topological polar surface area (TPSA) is 17.8 Å². The molecule has 0 unspecified atom stereocenters. The molecule has 0 spiro atoms. The molecule has 0 saturated heterocycles. The van der Waals surface area contributed by atoms with Gasteiger partial charge in [-0.25, -0.2) is 0 Å². The molecule has 1 aromatic heterocycles. The van der Waals surface area contributed by atoms with Gasteiger partial charge >= 0.3 is 0 Å². The molecule has 2 aromatic carbocycles. The van der Waals surface area contributed by atoms with Crippen LogP contribution in [0, 0.1) is 20.8 Å². The lowest BCUT2D eigenvalue weighted by Crippen LogP contribution is -1.98. The van der Waals surface area contributed by atoms with Crippen LogP contribution in [0.1, 0.15) is 55.5 Å². The minimum Gasteiger partial charge on any atom is -0.267 e. The number of hydrogen-bond donors (Lipinski definition) is 0. The number of halogens is 1. The first-order valence-corrected chi connectivity index (χ1v) is 9.71. The van der Waals surface area contributed by atoms with Crippen molar-refractivity contribution in [2.45, 2.75) is 53.9 Å². The summed E-state index contributed by atoms with van der Waals surface area (Å²) in [6, 6.07) is 11.2. The molecule has 0 bridgehead atoms. The Hall–Kier alpha value is -2.06. The van der Waals surface area contributed by atoms with Crippen molar-refractivity contribution >= 4 is 28.9 Å². The van der Waals surface area contributed by atoms with Crippen LogP contribution in [0.25, 0.3) is 27.6 Å². The Balaban J connectivity index is 0.00000261. The third kappa shape index (κ3) is 3.96. The lowest BCUT2D eigenvalue weighted by molar-refractivity contribution is 0.760. The Bertz CT molecular complexity index is 956. The molecule has 0 amide bonds. The number of aryl methyl sites for hydroxylation is 4. The molecule has 3 aromatic rings. The van der Waals surface area contributed by atoms with Crippen LogP contribution >= 0.6 is 12.4 Å². The molecule has 144 valence electrons. The van der Waals surface area contributed by atoms with E-state index in [0.29, 0.717) is 0 Å². The van der Waals surface area contributed by atoms with Crippen LogP contribution < -0.4 is 0 Å². The van der Waals surface area contributed by atoms with E-state index in [0.717, 1.165) is 24.8 Å². The maximum atomic E-state index is 4.96. The van der Waals surface area contributed by atoms with Crippen molar-refractivity contribution in [2.24, 2.45) is 7.05 Å². The molecule has 0 aliphatic carbocycles. The highest BCUT2D eigenvalue weighted by Crippen LogP contribution is 2.36. The van der Waals surface area contributed by atoms with Gasteiger partial charge in [-0.1, -0.05) is 62.2 Å². The molecule has 0 N–H and O–H groups in total. The number of benzene rings is 2. The van der Waals surface area contributed by atoms with Crippen molar-refractivity contribution in [3.8, 4) is 11.1 Å². The van der Waals surface area contributed by atoms with E-state index >= 15 is 0 Å². The second-order valence-corrected chi connectivity index (χ2v) is 7.34. The summed E-state index contributed by atoms with van der Waals surface area (Å²) in [5.74, 6) is 0. The van der Waals surface area contributed by atoms with Crippen LogP contribution in [0.15, 0.2) is 36.4 Å². The van der Waals surface area contributed by atoms with Crippen molar-refractivity contribution in [3.63, 3.8) is 0 Å². The van der Waals surface area contributed by atoms with E-state index < -0.39 is 0 Å². The third-order valence-electron chi connectivity index (χ3n) is 5.09. The van der Waals surface area contributed by atoms with Crippen molar-refractivity contribution in [3.05, 3.63) is 58.8 Å². The number of hydrogen-bond acceptors (Lipinski definition) is 1. The first-order valence-electron chi connectivity index (χ1n) is 9.71. The maximum absolute atomic E-state index is 4.96. The molecule has 0 saturated carbocycles. The van der Waals surface area contributed by atoms with Crippen LogP contribution in [-0.2, 0) is 7.05 Å². The highest BCUT2D eigenvalue weighted by molar-refractivity contribution is 6.00. The average Bonchev–Trinajstić information content (AvgIpc) is 2.90. The number of rotatable bonds is 5. The quantitative estimate of drug-likeness (QED) is 0.456. The SMILES string of the molecule is CCC=C(CCC)c1c2cccc(-c3c(C)cc(C)cc3C)c2nn1C.Cl. The molecule has 27 heavy (non-hydrogen) atoms. The summed E-state index contributed by atoms with van der Waals surface area (Å²) < 4.78 is 2.07. The van der Waals surface area contributed by atoms with Gasteiger partial charge < -0.3 is 0 Å². The fourth-order valence-corrected chi connectivity index (χ4v) is 4.24. The van der Waals surface area contributed by atoms with Gasteiger partial charge in [0.15, 0.2) is 0 Å². The molecule has 0 fully saturated rings. The summed E-state index contributed by atoms with van der Waals surface area (Å²) in [6.45, 7) is 11.0. The Morgan fingerprint density at radius 3 is 2.33 bits per heavy atom. The van der Waals surface area contributed by atoms with E-state index in [9.17, 15) is 0 Å². The summed E-state index contributed by atoms with van der Waals surface area (Å²) in [7, 11) is 2.08. The summed E-state index contributed by atoms with van der Waals surface area (Å²) in [5.41, 5.74) is 10.3. The van der Waals surface area contributed by atoms with Crippen molar-refractivity contribution in [1.82, 2.24) is 9.78 Å². The minimum absolute atomic E-state index is 0. The monoisotopic (exact) mass is 382 g/mol. The zero-order chi connectivity index (χ0) is 18.8. The fraction of sp³-hybridized carbons (Fsp3) is 0.375. The molecular formula is C24H31ClN2. The van der Waals surface area contributed by atoms with Crippen LogP contribution in [0.3, 0.4) is 0 Å². The summed E-state index contributed by atoms with van der Waals surface area (Å²) >= 11 is 0. The maximum Gasteiger partial charge on any atom is 0.101 e. The summed E-state index contributed by atoms with van der Waals surface area (Å²) in [4.78, 5) is 0. The fourth-order valence-electron chi connectivity index (χ4n) is 4.24. The molecule has 0 atom stereocenters. The number of allylic oxidation sites excluding steroid dienone is 2. The van der Waals surface area contributed by atoms with Gasteiger partial charge in [-0.2, -0.15) is 5.10 Å². The lowest BCUT2D eigenvalue weighted by Gasteiger charge is -2.12. The number of fused-ring (bicyclic) bond motifs is 1. The molecule has 0 aliphatic rings. The highest BCUT2D eigenvalue weighted by atomic mass is 35.5. The molecule has 1 heterocycles. The Kier molecular flexibility index (Phi) is 6.89. The van der Waals surface area contributed by atoms with Gasteiger partial charge in [0, 0.05) is 18.0 Å². The predicted octanol–water partition coefficient (Wildman–Crippen LogP) is 7.18. The highest BCUT2D eigenvalue weighted by Gasteiger charge is 2.17. The van der Waals surface area contributed by atoms with E-state index in [1.807, 2.05) is 0 Å². The molecular weight excluding hydrogens is 352 g/mol. The standard InChI is InChI=1S/C24H30N2.ClH/c1-7-10-19(11-8-2)24-21-13-9-12-20(23(21)25-26(24)6)22-17(4)14-16(3)15-18(22)5;/h9-10,12-15H,7-8,11H2,1-6H3;1H. The first kappa shape index (κ1) is 21.2. The van der Waals surface area contributed by atoms with Crippen molar-refractivity contribution < 1.29 is 0 Å².